The van der Waals surface area contributed by atoms with E-state index in [2.05, 4.69) is 192 Å². The maximum absolute atomic E-state index is 3.87. The van der Waals surface area contributed by atoms with Crippen LogP contribution in [0.15, 0.2) is 182 Å². The Morgan fingerprint density at radius 1 is 0.365 bits per heavy atom. The van der Waals surface area contributed by atoms with Gasteiger partial charge in [0.2, 0.25) is 0 Å². The van der Waals surface area contributed by atoms with Gasteiger partial charge in [0.05, 0.1) is 22.5 Å². The molecular formula is C50H32N2. The summed E-state index contributed by atoms with van der Waals surface area (Å²) in [5, 5.41) is 3.87. The summed E-state index contributed by atoms with van der Waals surface area (Å²) in [6, 6.07) is 67.9. The Bertz CT molecular complexity index is 2750. The summed E-state index contributed by atoms with van der Waals surface area (Å²) in [5.41, 5.74) is 22.8. The monoisotopic (exact) mass is 660 g/mol. The molecular weight excluding hydrogens is 629 g/mol. The third-order valence-electron chi connectivity index (χ3n) is 12.0. The van der Waals surface area contributed by atoms with Gasteiger partial charge in [-0.05, 0) is 103 Å². The van der Waals surface area contributed by atoms with Crippen molar-refractivity contribution in [2.75, 3.05) is 10.2 Å². The highest BCUT2D eigenvalue weighted by Crippen LogP contribution is 2.64. The standard InChI is InChI=1S/C50H32N2/c1-2-12-31(13-3-1)32-22-25-38-39-26-23-33(29-45(39)50(44(38)28-32)42-19-9-6-15-36(42)37-16-7-10-20-43(37)50)34-24-27-46-48(30-34)52-47-21-11-8-17-40(47)35-14-4-5-18-41(35)49(52)51-46/h1-30,49,51H. The van der Waals surface area contributed by atoms with Gasteiger partial charge in [-0.2, -0.15) is 0 Å². The molecule has 1 unspecified atom stereocenters. The van der Waals surface area contributed by atoms with Crippen LogP contribution in [-0.2, 0) is 5.41 Å². The number of nitrogens with zero attached hydrogens (tertiary/aromatic N) is 1. The highest BCUT2D eigenvalue weighted by Gasteiger charge is 2.51. The van der Waals surface area contributed by atoms with Crippen molar-refractivity contribution in [2.24, 2.45) is 0 Å². The van der Waals surface area contributed by atoms with E-state index in [1.54, 1.807) is 0 Å². The van der Waals surface area contributed by atoms with Gasteiger partial charge in [-0.15, -0.1) is 0 Å². The van der Waals surface area contributed by atoms with Crippen molar-refractivity contribution in [3.8, 4) is 55.6 Å². The molecule has 1 N–H and O–H groups in total. The fourth-order valence-corrected chi connectivity index (χ4v) is 9.89. The van der Waals surface area contributed by atoms with Gasteiger partial charge in [-0.25, -0.2) is 0 Å². The van der Waals surface area contributed by atoms with Gasteiger partial charge in [-0.1, -0.05) is 152 Å². The number of rotatable bonds is 2. The summed E-state index contributed by atoms with van der Waals surface area (Å²) < 4.78 is 0. The second-order valence-electron chi connectivity index (χ2n) is 14.5. The molecule has 12 rings (SSSR count). The quantitative estimate of drug-likeness (QED) is 0.198. The number of fused-ring (bicyclic) bond motifs is 18. The van der Waals surface area contributed by atoms with Crippen LogP contribution in [-0.4, -0.2) is 0 Å². The molecule has 2 heteroatoms. The minimum atomic E-state index is -0.419. The van der Waals surface area contributed by atoms with E-state index >= 15 is 0 Å². The molecule has 2 heterocycles. The van der Waals surface area contributed by atoms with Crippen LogP contribution in [0.4, 0.5) is 17.1 Å². The van der Waals surface area contributed by atoms with Crippen molar-refractivity contribution < 1.29 is 0 Å². The van der Waals surface area contributed by atoms with E-state index < -0.39 is 5.41 Å². The van der Waals surface area contributed by atoms with Gasteiger partial charge in [0.15, 0.2) is 0 Å². The minimum Gasteiger partial charge on any atom is -0.359 e. The molecule has 4 aliphatic rings. The molecule has 2 aliphatic carbocycles. The fraction of sp³-hybridized carbons (Fsp3) is 0.0400. The average molecular weight is 661 g/mol. The molecule has 0 bridgehead atoms. The zero-order chi connectivity index (χ0) is 34.0. The fourth-order valence-electron chi connectivity index (χ4n) is 9.89. The number of benzene rings is 8. The van der Waals surface area contributed by atoms with Gasteiger partial charge in [0.1, 0.15) is 6.17 Å². The summed E-state index contributed by atoms with van der Waals surface area (Å²) in [7, 11) is 0. The highest BCUT2D eigenvalue weighted by atomic mass is 15.3. The normalized spacial score (nSPS) is 15.8. The van der Waals surface area contributed by atoms with E-state index in [0.717, 1.165) is 5.69 Å². The number of anilines is 3. The summed E-state index contributed by atoms with van der Waals surface area (Å²) in [6.07, 6.45) is 0.0550. The van der Waals surface area contributed by atoms with Gasteiger partial charge >= 0.3 is 0 Å². The van der Waals surface area contributed by atoms with Crippen LogP contribution >= 0.6 is 0 Å². The first-order valence-electron chi connectivity index (χ1n) is 18.2. The third-order valence-corrected chi connectivity index (χ3v) is 12.0. The van der Waals surface area contributed by atoms with Crippen LogP contribution in [0.5, 0.6) is 0 Å². The first kappa shape index (κ1) is 28.1. The smallest absolute Gasteiger partial charge is 0.131 e. The molecule has 8 aromatic rings. The lowest BCUT2D eigenvalue weighted by Crippen LogP contribution is -2.27. The highest BCUT2D eigenvalue weighted by molar-refractivity contribution is 5.99. The predicted molar refractivity (Wildman–Crippen MR) is 214 cm³/mol. The molecule has 0 saturated carbocycles. The Hall–Kier alpha value is -6.64. The summed E-state index contributed by atoms with van der Waals surface area (Å²) >= 11 is 0. The largest absolute Gasteiger partial charge is 0.359 e. The van der Waals surface area contributed by atoms with Crippen molar-refractivity contribution in [2.45, 2.75) is 11.6 Å². The second kappa shape index (κ2) is 10.2. The Balaban J connectivity index is 1.07. The molecule has 8 aromatic carbocycles. The van der Waals surface area contributed by atoms with E-state index in [1.165, 1.54) is 94.8 Å². The number of nitrogens with one attached hydrogen (secondary N) is 1. The molecule has 2 nitrogen and oxygen atoms in total. The summed E-state index contributed by atoms with van der Waals surface area (Å²) in [6.45, 7) is 0. The van der Waals surface area contributed by atoms with Crippen molar-refractivity contribution in [3.05, 3.63) is 210 Å². The zero-order valence-electron chi connectivity index (χ0n) is 28.3. The van der Waals surface area contributed by atoms with Gasteiger partial charge in [-0.3, -0.25) is 0 Å². The lowest BCUT2D eigenvalue weighted by molar-refractivity contribution is 0.794. The first-order valence-corrected chi connectivity index (χ1v) is 18.2. The van der Waals surface area contributed by atoms with Crippen molar-refractivity contribution in [1.82, 2.24) is 0 Å². The van der Waals surface area contributed by atoms with E-state index in [0.29, 0.717) is 0 Å². The molecule has 0 aromatic heterocycles. The van der Waals surface area contributed by atoms with Gasteiger partial charge in [0.25, 0.3) is 0 Å². The molecule has 0 saturated heterocycles. The van der Waals surface area contributed by atoms with E-state index in [4.69, 9.17) is 0 Å². The van der Waals surface area contributed by atoms with Crippen LogP contribution in [0, 0.1) is 0 Å². The molecule has 0 fully saturated rings. The van der Waals surface area contributed by atoms with Crippen molar-refractivity contribution >= 4 is 17.1 Å². The molecule has 1 spiro atoms. The molecule has 1 atom stereocenters. The topological polar surface area (TPSA) is 15.3 Å². The number of hydrogen-bond acceptors (Lipinski definition) is 2. The van der Waals surface area contributed by atoms with Gasteiger partial charge in [0, 0.05) is 11.1 Å². The SMILES string of the molecule is c1ccc(-c2ccc3c(c2)C2(c4ccccc4-c4ccccc42)c2cc(-c4ccc5c(c4)N4c6ccccc6-c6ccccc6C4N5)ccc2-3)cc1. The van der Waals surface area contributed by atoms with Crippen LogP contribution in [0.2, 0.25) is 0 Å². The predicted octanol–water partition coefficient (Wildman–Crippen LogP) is 12.6. The third kappa shape index (κ3) is 3.53. The maximum Gasteiger partial charge on any atom is 0.131 e. The number of para-hydroxylation sites is 1. The molecule has 0 radical (unpaired) electrons. The van der Waals surface area contributed by atoms with Gasteiger partial charge < -0.3 is 10.2 Å². The zero-order valence-corrected chi connectivity index (χ0v) is 28.3. The maximum atomic E-state index is 3.87. The van der Waals surface area contributed by atoms with E-state index in [1.807, 2.05) is 0 Å². The minimum absolute atomic E-state index is 0.0550. The first-order chi connectivity index (χ1) is 25.8. The molecule has 242 valence electrons. The molecule has 0 amide bonds. The Morgan fingerprint density at radius 2 is 0.885 bits per heavy atom. The molecule has 2 aliphatic heterocycles. The average Bonchev–Trinajstić information content (AvgIpc) is 3.85. The summed E-state index contributed by atoms with van der Waals surface area (Å²) in [5.74, 6) is 0. The van der Waals surface area contributed by atoms with E-state index in [9.17, 15) is 0 Å². The lowest BCUT2D eigenvalue weighted by atomic mass is 9.70. The number of hydrogen-bond donors (Lipinski definition) is 1. The molecule has 52 heavy (non-hydrogen) atoms. The Kier molecular flexibility index (Phi) is 5.52. The van der Waals surface area contributed by atoms with Crippen LogP contribution in [0.3, 0.4) is 0 Å². The van der Waals surface area contributed by atoms with E-state index in [-0.39, 0.29) is 6.17 Å². The van der Waals surface area contributed by atoms with Crippen LogP contribution < -0.4 is 10.2 Å². The second-order valence-corrected chi connectivity index (χ2v) is 14.5. The van der Waals surface area contributed by atoms with Crippen molar-refractivity contribution in [3.63, 3.8) is 0 Å². The van der Waals surface area contributed by atoms with Crippen LogP contribution in [0.1, 0.15) is 34.0 Å². The Labute approximate surface area is 303 Å². The Morgan fingerprint density at radius 3 is 1.60 bits per heavy atom. The van der Waals surface area contributed by atoms with Crippen LogP contribution in [0.25, 0.3) is 55.6 Å². The summed E-state index contributed by atoms with van der Waals surface area (Å²) in [4.78, 5) is 2.50. The van der Waals surface area contributed by atoms with Crippen molar-refractivity contribution in [1.29, 1.82) is 0 Å². The lowest BCUT2D eigenvalue weighted by Gasteiger charge is -2.35.